The number of aliphatic hydroxyl groups is 1. The number of amides is 1. The van der Waals surface area contributed by atoms with Gasteiger partial charge in [0.05, 0.1) is 18.7 Å². The van der Waals surface area contributed by atoms with Gasteiger partial charge in [-0.15, -0.1) is 6.58 Å². The zero-order valence-electron chi connectivity index (χ0n) is 16.7. The molecule has 2 aromatic carbocycles. The molecule has 154 valence electrons. The summed E-state index contributed by atoms with van der Waals surface area (Å²) in [5.74, 6) is -0.402. The Hall–Kier alpha value is -3.80. The van der Waals surface area contributed by atoms with Gasteiger partial charge in [-0.25, -0.2) is 0 Å². The zero-order chi connectivity index (χ0) is 21.7. The normalized spacial score (nSPS) is 17.6. The van der Waals surface area contributed by atoms with E-state index in [0.29, 0.717) is 29.2 Å². The van der Waals surface area contributed by atoms with E-state index in [1.807, 2.05) is 0 Å². The highest BCUT2D eigenvalue weighted by Crippen LogP contribution is 2.39. The van der Waals surface area contributed by atoms with Gasteiger partial charge < -0.3 is 19.5 Å². The van der Waals surface area contributed by atoms with E-state index < -0.39 is 17.7 Å². The molecule has 6 heteroatoms. The van der Waals surface area contributed by atoms with Crippen molar-refractivity contribution in [3.63, 3.8) is 0 Å². The SMILES string of the molecule is C=CCOc1ccc(C(O)=C2C(=O)C(=O)N(CC=C)[C@@H]2c2ccc(OC)cc2)cc1. The second kappa shape index (κ2) is 9.13. The van der Waals surface area contributed by atoms with Crippen LogP contribution < -0.4 is 9.47 Å². The summed E-state index contributed by atoms with van der Waals surface area (Å²) in [6.07, 6.45) is 3.18. The van der Waals surface area contributed by atoms with E-state index in [1.54, 1.807) is 67.8 Å². The highest BCUT2D eigenvalue weighted by molar-refractivity contribution is 6.46. The van der Waals surface area contributed by atoms with Crippen molar-refractivity contribution in [1.29, 1.82) is 0 Å². The molecule has 1 fully saturated rings. The summed E-state index contributed by atoms with van der Waals surface area (Å²) in [6.45, 7) is 7.80. The summed E-state index contributed by atoms with van der Waals surface area (Å²) >= 11 is 0. The van der Waals surface area contributed by atoms with Crippen LogP contribution in [-0.4, -0.2) is 42.0 Å². The maximum absolute atomic E-state index is 12.8. The number of nitrogens with zero attached hydrogens (tertiary/aromatic N) is 1. The molecule has 6 nitrogen and oxygen atoms in total. The van der Waals surface area contributed by atoms with Crippen LogP contribution in [0.4, 0.5) is 0 Å². The van der Waals surface area contributed by atoms with Gasteiger partial charge in [0, 0.05) is 12.1 Å². The number of Topliss-reactive ketones (excluding diaryl/α,β-unsaturated/α-hetero) is 1. The molecule has 0 aliphatic carbocycles. The van der Waals surface area contributed by atoms with E-state index in [0.717, 1.165) is 0 Å². The molecule has 0 radical (unpaired) electrons. The van der Waals surface area contributed by atoms with E-state index in [-0.39, 0.29) is 17.9 Å². The number of benzene rings is 2. The minimum Gasteiger partial charge on any atom is -0.507 e. The van der Waals surface area contributed by atoms with Crippen molar-refractivity contribution in [2.75, 3.05) is 20.3 Å². The number of methoxy groups -OCH3 is 1. The molecule has 1 aliphatic rings. The van der Waals surface area contributed by atoms with Crippen molar-refractivity contribution >= 4 is 17.4 Å². The third-order valence-corrected chi connectivity index (χ3v) is 4.79. The number of aliphatic hydroxyl groups excluding tert-OH is 1. The molecule has 0 saturated carbocycles. The third kappa shape index (κ3) is 3.98. The van der Waals surface area contributed by atoms with Gasteiger partial charge in [-0.05, 0) is 42.0 Å². The summed E-state index contributed by atoms with van der Waals surface area (Å²) < 4.78 is 10.6. The van der Waals surface area contributed by atoms with Crippen LogP contribution in [0.1, 0.15) is 17.2 Å². The van der Waals surface area contributed by atoms with Gasteiger partial charge in [-0.2, -0.15) is 0 Å². The van der Waals surface area contributed by atoms with Gasteiger partial charge in [0.2, 0.25) is 0 Å². The van der Waals surface area contributed by atoms with Gasteiger partial charge in [-0.1, -0.05) is 30.9 Å². The molecule has 0 aromatic heterocycles. The Balaban J connectivity index is 2.07. The highest BCUT2D eigenvalue weighted by atomic mass is 16.5. The topological polar surface area (TPSA) is 76.1 Å². The Bertz CT molecular complexity index is 989. The maximum atomic E-state index is 12.8. The molecule has 0 spiro atoms. The van der Waals surface area contributed by atoms with E-state index in [9.17, 15) is 14.7 Å². The summed E-state index contributed by atoms with van der Waals surface area (Å²) in [4.78, 5) is 26.9. The quantitative estimate of drug-likeness (QED) is 0.312. The van der Waals surface area contributed by atoms with Crippen LogP contribution in [0.2, 0.25) is 0 Å². The van der Waals surface area contributed by atoms with Crippen LogP contribution >= 0.6 is 0 Å². The molecule has 2 aromatic rings. The zero-order valence-corrected chi connectivity index (χ0v) is 16.7. The largest absolute Gasteiger partial charge is 0.507 e. The lowest BCUT2D eigenvalue weighted by atomic mass is 9.95. The summed E-state index contributed by atoms with van der Waals surface area (Å²) in [5.41, 5.74) is 1.13. The molecule has 3 rings (SSSR count). The van der Waals surface area contributed by atoms with Crippen LogP contribution in [-0.2, 0) is 9.59 Å². The smallest absolute Gasteiger partial charge is 0.295 e. The molecule has 1 amide bonds. The summed E-state index contributed by atoms with van der Waals surface area (Å²) in [6, 6.07) is 12.9. The second-order valence-electron chi connectivity index (χ2n) is 6.64. The minimum atomic E-state index is -0.734. The van der Waals surface area contributed by atoms with Gasteiger partial charge in [-0.3, -0.25) is 9.59 Å². The Kier molecular flexibility index (Phi) is 6.37. The van der Waals surface area contributed by atoms with Crippen molar-refractivity contribution in [1.82, 2.24) is 4.90 Å². The van der Waals surface area contributed by atoms with Crippen LogP contribution in [0.25, 0.3) is 5.76 Å². The van der Waals surface area contributed by atoms with Crippen molar-refractivity contribution in [3.05, 3.63) is 90.5 Å². The third-order valence-electron chi connectivity index (χ3n) is 4.79. The lowest BCUT2D eigenvalue weighted by Crippen LogP contribution is -2.29. The summed E-state index contributed by atoms with van der Waals surface area (Å²) in [5, 5.41) is 11.0. The van der Waals surface area contributed by atoms with Gasteiger partial charge in [0.1, 0.15) is 23.9 Å². The van der Waals surface area contributed by atoms with Crippen LogP contribution in [0, 0.1) is 0 Å². The Morgan fingerprint density at radius 1 is 1.03 bits per heavy atom. The van der Waals surface area contributed by atoms with Gasteiger partial charge >= 0.3 is 0 Å². The molecular weight excluding hydrogens is 382 g/mol. The Labute approximate surface area is 175 Å². The predicted molar refractivity (Wildman–Crippen MR) is 114 cm³/mol. The van der Waals surface area contributed by atoms with Crippen LogP contribution in [0.15, 0.2) is 79.4 Å². The average Bonchev–Trinajstić information content (AvgIpc) is 3.03. The molecule has 1 aliphatic heterocycles. The first kappa shape index (κ1) is 20.9. The van der Waals surface area contributed by atoms with Crippen molar-refractivity contribution in [2.24, 2.45) is 0 Å². The van der Waals surface area contributed by atoms with E-state index >= 15 is 0 Å². The fourth-order valence-electron chi connectivity index (χ4n) is 3.36. The van der Waals surface area contributed by atoms with Crippen LogP contribution in [0.5, 0.6) is 11.5 Å². The van der Waals surface area contributed by atoms with Crippen molar-refractivity contribution in [2.45, 2.75) is 6.04 Å². The molecule has 0 bridgehead atoms. The maximum Gasteiger partial charge on any atom is 0.295 e. The number of carbonyl (C=O) groups excluding carboxylic acids is 2. The number of hydrogen-bond donors (Lipinski definition) is 1. The number of ether oxygens (including phenoxy) is 2. The lowest BCUT2D eigenvalue weighted by molar-refractivity contribution is -0.139. The Morgan fingerprint density at radius 3 is 2.23 bits per heavy atom. The lowest BCUT2D eigenvalue weighted by Gasteiger charge is -2.24. The number of hydrogen-bond acceptors (Lipinski definition) is 5. The second-order valence-corrected chi connectivity index (χ2v) is 6.64. The monoisotopic (exact) mass is 405 g/mol. The highest BCUT2D eigenvalue weighted by Gasteiger charge is 2.45. The molecule has 0 unspecified atom stereocenters. The Morgan fingerprint density at radius 2 is 1.67 bits per heavy atom. The predicted octanol–water partition coefficient (Wildman–Crippen LogP) is 3.87. The van der Waals surface area contributed by atoms with E-state index in [1.165, 1.54) is 4.90 Å². The van der Waals surface area contributed by atoms with Crippen molar-refractivity contribution < 1.29 is 24.2 Å². The molecule has 30 heavy (non-hydrogen) atoms. The van der Waals surface area contributed by atoms with Gasteiger partial charge in [0.25, 0.3) is 11.7 Å². The van der Waals surface area contributed by atoms with E-state index in [2.05, 4.69) is 13.2 Å². The first-order chi connectivity index (χ1) is 14.5. The number of likely N-dealkylation sites (tertiary alicyclic amines) is 1. The van der Waals surface area contributed by atoms with E-state index in [4.69, 9.17) is 9.47 Å². The standard InChI is InChI=1S/C24H23NO5/c1-4-14-25-21(16-6-10-18(29-3)11-7-16)20(23(27)24(25)28)22(26)17-8-12-19(13-9-17)30-15-5-2/h4-13,21,26H,1-2,14-15H2,3H3/t21-/m1/s1. The summed E-state index contributed by atoms with van der Waals surface area (Å²) in [7, 11) is 1.56. The molecule has 1 heterocycles. The average molecular weight is 405 g/mol. The van der Waals surface area contributed by atoms with Crippen molar-refractivity contribution in [3.8, 4) is 11.5 Å². The first-order valence-corrected chi connectivity index (χ1v) is 9.39. The first-order valence-electron chi connectivity index (χ1n) is 9.39. The molecule has 1 atom stereocenters. The molecule has 1 saturated heterocycles. The van der Waals surface area contributed by atoms with Crippen LogP contribution in [0.3, 0.4) is 0 Å². The molecule has 1 N–H and O–H groups in total. The number of carbonyl (C=O) groups is 2. The number of ketones is 1. The fourth-order valence-corrected chi connectivity index (χ4v) is 3.36. The minimum absolute atomic E-state index is 0.0341. The van der Waals surface area contributed by atoms with Gasteiger partial charge in [0.15, 0.2) is 0 Å². The molecular formula is C24H23NO5. The number of rotatable bonds is 8. The fraction of sp³-hybridized carbons (Fsp3) is 0.167.